The Bertz CT molecular complexity index is 962. The predicted molar refractivity (Wildman–Crippen MR) is 97.7 cm³/mol. The minimum absolute atomic E-state index is 0.171. The monoisotopic (exact) mass is 349 g/mol. The third-order valence-electron chi connectivity index (χ3n) is 4.74. The summed E-state index contributed by atoms with van der Waals surface area (Å²) >= 11 is 0. The maximum absolute atomic E-state index is 12.5. The van der Waals surface area contributed by atoms with Crippen molar-refractivity contribution in [1.82, 2.24) is 15.6 Å². The number of aromatic hydroxyl groups is 1. The zero-order valence-corrected chi connectivity index (χ0v) is 14.0. The first-order valence-electron chi connectivity index (χ1n) is 8.54. The van der Waals surface area contributed by atoms with Gasteiger partial charge in [-0.2, -0.15) is 0 Å². The third kappa shape index (κ3) is 3.13. The number of aromatic amines is 1. The van der Waals surface area contributed by atoms with Crippen molar-refractivity contribution in [3.05, 3.63) is 65.9 Å². The molecule has 1 aromatic heterocycles. The first-order chi connectivity index (χ1) is 12.6. The first kappa shape index (κ1) is 16.2. The van der Waals surface area contributed by atoms with Crippen molar-refractivity contribution in [3.63, 3.8) is 0 Å². The second-order valence-electron chi connectivity index (χ2n) is 6.56. The van der Waals surface area contributed by atoms with E-state index < -0.39 is 12.1 Å². The van der Waals surface area contributed by atoms with Crippen LogP contribution in [-0.2, 0) is 22.4 Å². The summed E-state index contributed by atoms with van der Waals surface area (Å²) in [5.41, 5.74) is 2.88. The molecule has 6 heteroatoms. The zero-order valence-electron chi connectivity index (χ0n) is 14.0. The summed E-state index contributed by atoms with van der Waals surface area (Å²) in [5.74, 6) is -0.203. The number of rotatable bonds is 4. The molecule has 0 bridgehead atoms. The van der Waals surface area contributed by atoms with Gasteiger partial charge in [0.2, 0.25) is 11.8 Å². The fourth-order valence-corrected chi connectivity index (χ4v) is 3.35. The summed E-state index contributed by atoms with van der Waals surface area (Å²) in [6.45, 7) is 0. The number of fused-ring (bicyclic) bond motifs is 1. The van der Waals surface area contributed by atoms with Gasteiger partial charge >= 0.3 is 0 Å². The molecule has 1 aliphatic heterocycles. The molecule has 0 radical (unpaired) electrons. The lowest BCUT2D eigenvalue weighted by atomic mass is 9.98. The molecule has 1 fully saturated rings. The average Bonchev–Trinajstić information content (AvgIpc) is 3.04. The molecule has 6 nitrogen and oxygen atoms in total. The number of hydrogen-bond acceptors (Lipinski definition) is 3. The van der Waals surface area contributed by atoms with Crippen LogP contribution in [0.1, 0.15) is 11.1 Å². The quantitative estimate of drug-likeness (QED) is 0.577. The molecule has 2 atom stereocenters. The number of phenolic OH excluding ortho intramolecular Hbond substituents is 1. The fourth-order valence-electron chi connectivity index (χ4n) is 3.35. The number of H-pyrrole nitrogens is 1. The van der Waals surface area contributed by atoms with E-state index in [0.717, 1.165) is 22.0 Å². The number of nitrogens with one attached hydrogen (secondary N) is 3. The highest BCUT2D eigenvalue weighted by Crippen LogP contribution is 2.20. The Kier molecular flexibility index (Phi) is 4.08. The number of para-hydroxylation sites is 1. The molecule has 0 spiro atoms. The van der Waals surface area contributed by atoms with Crippen LogP contribution in [0.3, 0.4) is 0 Å². The summed E-state index contributed by atoms with van der Waals surface area (Å²) in [6.07, 6.45) is 2.71. The maximum Gasteiger partial charge on any atom is 0.243 e. The van der Waals surface area contributed by atoms with Crippen LogP contribution in [0.4, 0.5) is 0 Å². The number of hydrogen-bond donors (Lipinski definition) is 4. The highest BCUT2D eigenvalue weighted by molar-refractivity contribution is 5.97. The van der Waals surface area contributed by atoms with Crippen molar-refractivity contribution in [2.75, 3.05) is 0 Å². The minimum atomic E-state index is -0.605. The van der Waals surface area contributed by atoms with E-state index in [9.17, 15) is 14.7 Å². The van der Waals surface area contributed by atoms with Gasteiger partial charge in [0, 0.05) is 29.9 Å². The third-order valence-corrected chi connectivity index (χ3v) is 4.74. The first-order valence-corrected chi connectivity index (χ1v) is 8.54. The van der Waals surface area contributed by atoms with Crippen LogP contribution in [0.5, 0.6) is 5.75 Å². The standard InChI is InChI=1S/C20H19N3O3/c24-14-7-5-12(6-8-14)9-17-19(25)23-18(20(26)22-17)10-13-11-21-16-4-2-1-3-15(13)16/h1-8,11,17-18,21,24H,9-10H2,(H,22,26)(H,23,25)/t17-,18+/m0/s1. The van der Waals surface area contributed by atoms with E-state index in [1.165, 1.54) is 0 Å². The smallest absolute Gasteiger partial charge is 0.243 e. The van der Waals surface area contributed by atoms with Crippen LogP contribution in [0.25, 0.3) is 10.9 Å². The van der Waals surface area contributed by atoms with Crippen molar-refractivity contribution in [1.29, 1.82) is 0 Å². The number of aromatic nitrogens is 1. The summed E-state index contributed by atoms with van der Waals surface area (Å²) in [4.78, 5) is 28.1. The van der Waals surface area contributed by atoms with Gasteiger partial charge in [-0.3, -0.25) is 9.59 Å². The normalized spacial score (nSPS) is 20.0. The van der Waals surface area contributed by atoms with Crippen LogP contribution < -0.4 is 10.6 Å². The number of carbonyl (C=O) groups is 2. The molecule has 1 saturated heterocycles. The Morgan fingerprint density at radius 2 is 1.50 bits per heavy atom. The molecule has 4 rings (SSSR count). The molecule has 2 amide bonds. The lowest BCUT2D eigenvalue weighted by Gasteiger charge is -2.29. The Hall–Kier alpha value is -3.28. The number of amides is 2. The van der Waals surface area contributed by atoms with E-state index >= 15 is 0 Å². The number of phenols is 1. The molecular weight excluding hydrogens is 330 g/mol. The summed E-state index contributed by atoms with van der Waals surface area (Å²) in [7, 11) is 0. The molecule has 4 N–H and O–H groups in total. The highest BCUT2D eigenvalue weighted by Gasteiger charge is 2.33. The maximum atomic E-state index is 12.5. The van der Waals surface area contributed by atoms with E-state index in [1.54, 1.807) is 24.3 Å². The molecule has 0 saturated carbocycles. The van der Waals surface area contributed by atoms with E-state index in [0.29, 0.717) is 12.8 Å². The molecule has 2 aromatic carbocycles. The lowest BCUT2D eigenvalue weighted by Crippen LogP contribution is -2.62. The van der Waals surface area contributed by atoms with E-state index in [2.05, 4.69) is 15.6 Å². The van der Waals surface area contributed by atoms with Gasteiger partial charge in [0.25, 0.3) is 0 Å². The van der Waals surface area contributed by atoms with Crippen molar-refractivity contribution in [2.45, 2.75) is 24.9 Å². The van der Waals surface area contributed by atoms with Crippen LogP contribution in [0, 0.1) is 0 Å². The van der Waals surface area contributed by atoms with Gasteiger partial charge in [-0.1, -0.05) is 30.3 Å². The fraction of sp³-hybridized carbons (Fsp3) is 0.200. The molecule has 0 aliphatic carbocycles. The SMILES string of the molecule is O=C1N[C@H](Cc2c[nH]c3ccccc23)C(=O)N[C@H]1Cc1ccc(O)cc1. The Balaban J connectivity index is 1.45. The van der Waals surface area contributed by atoms with Crippen molar-refractivity contribution < 1.29 is 14.7 Å². The Morgan fingerprint density at radius 1 is 0.846 bits per heavy atom. The van der Waals surface area contributed by atoms with E-state index in [4.69, 9.17) is 0 Å². The molecule has 1 aliphatic rings. The van der Waals surface area contributed by atoms with Crippen LogP contribution >= 0.6 is 0 Å². The zero-order chi connectivity index (χ0) is 18.1. The van der Waals surface area contributed by atoms with Gasteiger partial charge in [-0.15, -0.1) is 0 Å². The minimum Gasteiger partial charge on any atom is -0.508 e. The summed E-state index contributed by atoms with van der Waals surface area (Å²) < 4.78 is 0. The number of carbonyl (C=O) groups excluding carboxylic acids is 2. The second-order valence-corrected chi connectivity index (χ2v) is 6.56. The molecular formula is C20H19N3O3. The summed E-state index contributed by atoms with van der Waals surface area (Å²) in [6, 6.07) is 13.3. The average molecular weight is 349 g/mol. The van der Waals surface area contributed by atoms with Gasteiger partial charge < -0.3 is 20.7 Å². The molecule has 2 heterocycles. The van der Waals surface area contributed by atoms with Gasteiger partial charge in [0.15, 0.2) is 0 Å². The van der Waals surface area contributed by atoms with Gasteiger partial charge in [-0.25, -0.2) is 0 Å². The van der Waals surface area contributed by atoms with Crippen LogP contribution in [-0.4, -0.2) is 34.0 Å². The Morgan fingerprint density at radius 3 is 2.23 bits per heavy atom. The summed E-state index contributed by atoms with van der Waals surface area (Å²) in [5, 5.41) is 16.0. The molecule has 132 valence electrons. The number of piperazine rings is 1. The van der Waals surface area contributed by atoms with E-state index in [-0.39, 0.29) is 17.6 Å². The van der Waals surface area contributed by atoms with Crippen molar-refractivity contribution in [2.24, 2.45) is 0 Å². The van der Waals surface area contributed by atoms with Gasteiger partial charge in [-0.05, 0) is 29.3 Å². The van der Waals surface area contributed by atoms with Crippen LogP contribution in [0.15, 0.2) is 54.7 Å². The lowest BCUT2D eigenvalue weighted by molar-refractivity contribution is -0.136. The van der Waals surface area contributed by atoms with Crippen molar-refractivity contribution >= 4 is 22.7 Å². The predicted octanol–water partition coefficient (Wildman–Crippen LogP) is 1.64. The topological polar surface area (TPSA) is 94.2 Å². The van der Waals surface area contributed by atoms with Crippen LogP contribution in [0.2, 0.25) is 0 Å². The largest absolute Gasteiger partial charge is 0.508 e. The molecule has 3 aromatic rings. The number of benzene rings is 2. The highest BCUT2D eigenvalue weighted by atomic mass is 16.3. The Labute approximate surface area is 150 Å². The van der Waals surface area contributed by atoms with Gasteiger partial charge in [0.1, 0.15) is 17.8 Å². The molecule has 0 unspecified atom stereocenters. The van der Waals surface area contributed by atoms with E-state index in [1.807, 2.05) is 30.5 Å². The second kappa shape index (κ2) is 6.55. The van der Waals surface area contributed by atoms with Crippen molar-refractivity contribution in [3.8, 4) is 5.75 Å². The van der Waals surface area contributed by atoms with Gasteiger partial charge in [0.05, 0.1) is 0 Å². The molecule has 26 heavy (non-hydrogen) atoms.